The van der Waals surface area contributed by atoms with E-state index in [0.29, 0.717) is 5.92 Å². The second-order valence-electron chi connectivity index (χ2n) is 7.32. The van der Waals surface area contributed by atoms with Crippen molar-refractivity contribution in [2.24, 2.45) is 5.73 Å². The van der Waals surface area contributed by atoms with Crippen LogP contribution in [0.5, 0.6) is 0 Å². The molecule has 0 amide bonds. The van der Waals surface area contributed by atoms with Crippen LogP contribution in [0.1, 0.15) is 35.2 Å². The molecule has 28 heavy (non-hydrogen) atoms. The second-order valence-corrected chi connectivity index (χ2v) is 7.32. The van der Waals surface area contributed by atoms with Gasteiger partial charge in [0.15, 0.2) is 0 Å². The van der Waals surface area contributed by atoms with Gasteiger partial charge in [0.2, 0.25) is 0 Å². The van der Waals surface area contributed by atoms with Crippen LogP contribution in [0.15, 0.2) is 67.4 Å². The summed E-state index contributed by atoms with van der Waals surface area (Å²) in [6.07, 6.45) is 4.39. The zero-order chi connectivity index (χ0) is 19.7. The largest absolute Gasteiger partial charge is 0.404 e. The molecule has 0 saturated heterocycles. The summed E-state index contributed by atoms with van der Waals surface area (Å²) in [5.41, 5.74) is 12.9. The number of aromatic amines is 2. The molecule has 4 N–H and O–H groups in total. The Balaban J connectivity index is 1.58. The monoisotopic (exact) mass is 367 g/mol. The molecule has 140 valence electrons. The van der Waals surface area contributed by atoms with Crippen molar-refractivity contribution in [1.82, 2.24) is 9.97 Å². The Morgan fingerprint density at radius 1 is 1.11 bits per heavy atom. The highest BCUT2D eigenvalue weighted by Gasteiger charge is 2.11. The Labute approximate surface area is 164 Å². The van der Waals surface area contributed by atoms with Gasteiger partial charge in [-0.25, -0.2) is 0 Å². The number of rotatable bonds is 5. The molecule has 0 spiro atoms. The SMILES string of the molecule is C=C(Cc1ccc(C(C)c2ccc3[nH]c(=C)/c(=C\N)c3c2)cc1)c1ccc[nH]1. The average molecular weight is 367 g/mol. The molecule has 0 fully saturated rings. The number of aromatic nitrogens is 2. The van der Waals surface area contributed by atoms with Crippen LogP contribution < -0.4 is 16.3 Å². The fourth-order valence-electron chi connectivity index (χ4n) is 3.75. The molecular weight excluding hydrogens is 342 g/mol. The first-order valence-electron chi connectivity index (χ1n) is 9.49. The molecule has 3 heteroatoms. The molecule has 0 saturated carbocycles. The fraction of sp³-hybridized carbons (Fsp3) is 0.120. The molecule has 0 aliphatic rings. The summed E-state index contributed by atoms with van der Waals surface area (Å²) >= 11 is 0. The van der Waals surface area contributed by atoms with Gasteiger partial charge in [-0.15, -0.1) is 0 Å². The molecule has 0 aliphatic heterocycles. The van der Waals surface area contributed by atoms with Crippen molar-refractivity contribution in [3.8, 4) is 0 Å². The lowest BCUT2D eigenvalue weighted by atomic mass is 9.91. The summed E-state index contributed by atoms with van der Waals surface area (Å²) in [4.78, 5) is 6.50. The van der Waals surface area contributed by atoms with Crippen molar-refractivity contribution in [2.45, 2.75) is 19.3 Å². The van der Waals surface area contributed by atoms with Gasteiger partial charge in [-0.1, -0.05) is 50.4 Å². The van der Waals surface area contributed by atoms with Gasteiger partial charge in [-0.05, 0) is 52.9 Å². The number of allylic oxidation sites excluding steroid dienone is 1. The lowest BCUT2D eigenvalue weighted by Crippen LogP contribution is -2.22. The predicted octanol–water partition coefficient (Wildman–Crippen LogP) is 4.01. The molecular formula is C25H25N3. The van der Waals surface area contributed by atoms with E-state index in [1.807, 2.05) is 12.3 Å². The summed E-state index contributed by atoms with van der Waals surface area (Å²) in [6.45, 7) is 10.5. The standard InChI is InChI=1S/C25H25N3/c1-16(24-5-4-12-27-24)13-19-6-8-20(9-7-19)17(2)21-10-11-25-22(14-21)23(15-26)18(3)28-25/h4-12,14-15,17,27-28H,1,3,13,26H2,2H3/b23-15+. The molecule has 2 heterocycles. The molecule has 0 bridgehead atoms. The molecule has 1 atom stereocenters. The second kappa shape index (κ2) is 7.28. The number of H-pyrrole nitrogens is 2. The zero-order valence-electron chi connectivity index (χ0n) is 16.1. The van der Waals surface area contributed by atoms with Gasteiger partial charge in [0.05, 0.1) is 0 Å². The van der Waals surface area contributed by atoms with E-state index in [1.54, 1.807) is 6.20 Å². The number of fused-ring (bicyclic) bond motifs is 1. The van der Waals surface area contributed by atoms with Crippen LogP contribution in [0, 0.1) is 0 Å². The topological polar surface area (TPSA) is 57.6 Å². The molecule has 1 unspecified atom stereocenters. The Hall–Kier alpha value is -3.46. The molecule has 3 nitrogen and oxygen atoms in total. The molecule has 4 aromatic rings. The van der Waals surface area contributed by atoms with Gasteiger partial charge in [-0.3, -0.25) is 0 Å². The summed E-state index contributed by atoms with van der Waals surface area (Å²) < 4.78 is 0. The van der Waals surface area contributed by atoms with E-state index < -0.39 is 0 Å². The van der Waals surface area contributed by atoms with E-state index in [-0.39, 0.29) is 0 Å². The highest BCUT2D eigenvalue weighted by Crippen LogP contribution is 2.27. The summed E-state index contributed by atoms with van der Waals surface area (Å²) in [6, 6.07) is 19.4. The number of nitrogens with two attached hydrogens (primary N) is 1. The number of nitrogens with one attached hydrogen (secondary N) is 2. The van der Waals surface area contributed by atoms with Crippen molar-refractivity contribution in [3.05, 3.63) is 100 Å². The van der Waals surface area contributed by atoms with E-state index in [9.17, 15) is 0 Å². The maximum absolute atomic E-state index is 5.80. The molecule has 0 aliphatic carbocycles. The van der Waals surface area contributed by atoms with Crippen LogP contribution in [-0.4, -0.2) is 9.97 Å². The molecule has 4 rings (SSSR count). The maximum Gasteiger partial charge on any atom is 0.0465 e. The minimum atomic E-state index is 0.291. The quantitative estimate of drug-likeness (QED) is 0.490. The third-order valence-electron chi connectivity index (χ3n) is 5.49. The van der Waals surface area contributed by atoms with E-state index in [0.717, 1.165) is 39.2 Å². The van der Waals surface area contributed by atoms with Crippen LogP contribution in [0.2, 0.25) is 0 Å². The van der Waals surface area contributed by atoms with Crippen molar-refractivity contribution in [2.75, 3.05) is 0 Å². The van der Waals surface area contributed by atoms with Crippen molar-refractivity contribution in [3.63, 3.8) is 0 Å². The normalized spacial score (nSPS) is 13.1. The van der Waals surface area contributed by atoms with Crippen LogP contribution in [0.3, 0.4) is 0 Å². The Morgan fingerprint density at radius 3 is 2.54 bits per heavy atom. The van der Waals surface area contributed by atoms with Gasteiger partial charge < -0.3 is 15.7 Å². The first-order valence-corrected chi connectivity index (χ1v) is 9.49. The Kier molecular flexibility index (Phi) is 4.66. The van der Waals surface area contributed by atoms with Crippen LogP contribution in [0.4, 0.5) is 0 Å². The number of benzene rings is 2. The van der Waals surface area contributed by atoms with E-state index >= 15 is 0 Å². The zero-order valence-corrected chi connectivity index (χ0v) is 16.1. The molecule has 2 aromatic heterocycles. The number of hydrogen-bond acceptors (Lipinski definition) is 1. The molecule has 2 aromatic carbocycles. The van der Waals surface area contributed by atoms with Crippen LogP contribution in [-0.2, 0) is 6.42 Å². The minimum Gasteiger partial charge on any atom is -0.404 e. The van der Waals surface area contributed by atoms with E-state index in [4.69, 9.17) is 5.73 Å². The fourth-order valence-corrected chi connectivity index (χ4v) is 3.75. The summed E-state index contributed by atoms with van der Waals surface area (Å²) in [7, 11) is 0. The van der Waals surface area contributed by atoms with Crippen molar-refractivity contribution in [1.29, 1.82) is 0 Å². The van der Waals surface area contributed by atoms with Crippen molar-refractivity contribution >= 4 is 29.3 Å². The first-order chi connectivity index (χ1) is 13.6. The van der Waals surface area contributed by atoms with E-state index in [1.165, 1.54) is 16.7 Å². The first kappa shape index (κ1) is 17.9. The lowest BCUT2D eigenvalue weighted by Gasteiger charge is -2.14. The van der Waals surface area contributed by atoms with Gasteiger partial charge in [-0.2, -0.15) is 0 Å². The maximum atomic E-state index is 5.80. The highest BCUT2D eigenvalue weighted by atomic mass is 14.7. The number of hydrogen-bond donors (Lipinski definition) is 3. The van der Waals surface area contributed by atoms with Crippen molar-refractivity contribution < 1.29 is 0 Å². The summed E-state index contributed by atoms with van der Waals surface area (Å²) in [5.74, 6) is 0.291. The Morgan fingerprint density at radius 2 is 1.86 bits per heavy atom. The minimum absolute atomic E-state index is 0.291. The highest BCUT2D eigenvalue weighted by molar-refractivity contribution is 5.82. The van der Waals surface area contributed by atoms with Gasteiger partial charge in [0.1, 0.15) is 0 Å². The predicted molar refractivity (Wildman–Crippen MR) is 119 cm³/mol. The Bertz CT molecular complexity index is 1230. The lowest BCUT2D eigenvalue weighted by molar-refractivity contribution is 0.923. The van der Waals surface area contributed by atoms with Crippen LogP contribution in [0.25, 0.3) is 29.3 Å². The van der Waals surface area contributed by atoms with Gasteiger partial charge in [0.25, 0.3) is 0 Å². The molecule has 0 radical (unpaired) electrons. The average Bonchev–Trinajstić information content (AvgIpc) is 3.34. The van der Waals surface area contributed by atoms with E-state index in [2.05, 4.69) is 78.6 Å². The third-order valence-corrected chi connectivity index (χ3v) is 5.49. The van der Waals surface area contributed by atoms with Crippen LogP contribution >= 0.6 is 0 Å². The summed E-state index contributed by atoms with van der Waals surface area (Å²) in [5, 5.41) is 2.95. The smallest absolute Gasteiger partial charge is 0.0465 e. The third kappa shape index (κ3) is 3.27. The van der Waals surface area contributed by atoms with Gasteiger partial charge >= 0.3 is 0 Å². The van der Waals surface area contributed by atoms with Gasteiger partial charge in [0, 0.05) is 45.5 Å².